The molecule has 9 aromatic carbocycles. The zero-order valence-corrected chi connectivity index (χ0v) is 30.4. The molecule has 0 saturated heterocycles. The second-order valence-corrected chi connectivity index (χ2v) is 14.8. The molecule has 0 spiro atoms. The van der Waals surface area contributed by atoms with Crippen LogP contribution in [0.2, 0.25) is 0 Å². The van der Waals surface area contributed by atoms with Crippen LogP contribution in [0.5, 0.6) is 0 Å². The standard InChI is InChI=1S/C52H35NS/c1-3-10-36(11-4-1)38-18-20-39(21-19-38)40-26-30-46(31-27-40)53(49-15-9-17-51-52(49)48-14-7-8-16-50(48)54-51)47-32-28-41(29-33-47)44-25-23-42-22-24-43(34-45(42)35-44)37-12-5-2-6-13-37/h1-35H. The topological polar surface area (TPSA) is 3.24 Å². The Morgan fingerprint density at radius 1 is 0.296 bits per heavy atom. The van der Waals surface area contributed by atoms with Crippen molar-refractivity contribution in [2.75, 3.05) is 4.90 Å². The fourth-order valence-corrected chi connectivity index (χ4v) is 8.82. The highest BCUT2D eigenvalue weighted by atomic mass is 32.1. The van der Waals surface area contributed by atoms with Gasteiger partial charge in [-0.05, 0) is 110 Å². The van der Waals surface area contributed by atoms with Crippen molar-refractivity contribution in [1.29, 1.82) is 0 Å². The minimum atomic E-state index is 1.12. The van der Waals surface area contributed by atoms with E-state index in [-0.39, 0.29) is 0 Å². The number of nitrogens with zero attached hydrogens (tertiary/aromatic N) is 1. The summed E-state index contributed by atoms with van der Waals surface area (Å²) in [5, 5.41) is 5.06. The molecule has 54 heavy (non-hydrogen) atoms. The Morgan fingerprint density at radius 3 is 1.30 bits per heavy atom. The van der Waals surface area contributed by atoms with Crippen LogP contribution in [-0.4, -0.2) is 0 Å². The average Bonchev–Trinajstić information content (AvgIpc) is 3.64. The maximum atomic E-state index is 2.42. The van der Waals surface area contributed by atoms with Crippen molar-refractivity contribution < 1.29 is 0 Å². The molecule has 10 aromatic rings. The third-order valence-electron chi connectivity index (χ3n) is 10.5. The van der Waals surface area contributed by atoms with Gasteiger partial charge in [-0.3, -0.25) is 0 Å². The van der Waals surface area contributed by atoms with Crippen molar-refractivity contribution in [3.05, 3.63) is 212 Å². The Balaban J connectivity index is 1.04. The number of hydrogen-bond donors (Lipinski definition) is 0. The molecule has 0 radical (unpaired) electrons. The first-order valence-corrected chi connectivity index (χ1v) is 19.2. The molecule has 0 aliphatic heterocycles. The van der Waals surface area contributed by atoms with Gasteiger partial charge in [-0.15, -0.1) is 11.3 Å². The monoisotopic (exact) mass is 705 g/mol. The summed E-state index contributed by atoms with van der Waals surface area (Å²) in [4.78, 5) is 2.42. The lowest BCUT2D eigenvalue weighted by molar-refractivity contribution is 1.30. The zero-order valence-electron chi connectivity index (χ0n) is 29.6. The lowest BCUT2D eigenvalue weighted by Gasteiger charge is -2.27. The van der Waals surface area contributed by atoms with Crippen LogP contribution in [0.15, 0.2) is 212 Å². The second-order valence-electron chi connectivity index (χ2n) is 13.8. The fourth-order valence-electron chi connectivity index (χ4n) is 7.70. The van der Waals surface area contributed by atoms with Crippen molar-refractivity contribution >= 4 is 59.3 Å². The molecule has 0 amide bonds. The first-order chi connectivity index (χ1) is 26.7. The summed E-state index contributed by atoms with van der Waals surface area (Å²) < 4.78 is 2.59. The van der Waals surface area contributed by atoms with E-state index < -0.39 is 0 Å². The van der Waals surface area contributed by atoms with E-state index in [4.69, 9.17) is 0 Å². The van der Waals surface area contributed by atoms with Crippen LogP contribution in [0, 0.1) is 0 Å². The minimum absolute atomic E-state index is 1.12. The van der Waals surface area contributed by atoms with Crippen molar-refractivity contribution in [3.63, 3.8) is 0 Å². The molecule has 2 heteroatoms. The molecule has 0 aliphatic rings. The van der Waals surface area contributed by atoms with Gasteiger partial charge in [0.25, 0.3) is 0 Å². The molecule has 1 nitrogen and oxygen atoms in total. The van der Waals surface area contributed by atoms with Crippen LogP contribution in [0.3, 0.4) is 0 Å². The molecule has 0 atom stereocenters. The van der Waals surface area contributed by atoms with E-state index >= 15 is 0 Å². The highest BCUT2D eigenvalue weighted by molar-refractivity contribution is 7.26. The molecular formula is C52H35NS. The lowest BCUT2D eigenvalue weighted by atomic mass is 9.97. The Morgan fingerprint density at radius 2 is 0.722 bits per heavy atom. The Labute approximate surface area is 319 Å². The van der Waals surface area contributed by atoms with E-state index in [0.717, 1.165) is 11.4 Å². The minimum Gasteiger partial charge on any atom is -0.310 e. The van der Waals surface area contributed by atoms with E-state index in [1.807, 2.05) is 11.3 Å². The van der Waals surface area contributed by atoms with Gasteiger partial charge >= 0.3 is 0 Å². The second kappa shape index (κ2) is 13.7. The highest BCUT2D eigenvalue weighted by Gasteiger charge is 2.19. The van der Waals surface area contributed by atoms with E-state index in [9.17, 15) is 0 Å². The van der Waals surface area contributed by atoms with Gasteiger partial charge in [0, 0.05) is 31.5 Å². The van der Waals surface area contributed by atoms with Gasteiger partial charge in [0.05, 0.1) is 5.69 Å². The first kappa shape index (κ1) is 32.0. The summed E-state index contributed by atoms with van der Waals surface area (Å²) in [6, 6.07) is 77.1. The van der Waals surface area contributed by atoms with Crippen LogP contribution >= 0.6 is 11.3 Å². The third-order valence-corrected chi connectivity index (χ3v) is 11.6. The van der Waals surface area contributed by atoms with Gasteiger partial charge in [0.2, 0.25) is 0 Å². The molecule has 1 aromatic heterocycles. The van der Waals surface area contributed by atoms with Gasteiger partial charge < -0.3 is 4.90 Å². The molecule has 0 aliphatic carbocycles. The van der Waals surface area contributed by atoms with Crippen LogP contribution in [0.1, 0.15) is 0 Å². The van der Waals surface area contributed by atoms with Gasteiger partial charge in [0.1, 0.15) is 0 Å². The van der Waals surface area contributed by atoms with Crippen molar-refractivity contribution in [2.45, 2.75) is 0 Å². The number of thiophene rings is 1. The Kier molecular flexibility index (Phi) is 8.09. The highest BCUT2D eigenvalue weighted by Crippen LogP contribution is 2.45. The molecule has 0 N–H and O–H groups in total. The molecule has 0 fully saturated rings. The molecule has 0 unspecified atom stereocenters. The molecule has 10 rings (SSSR count). The van der Waals surface area contributed by atoms with Gasteiger partial charge in [-0.25, -0.2) is 0 Å². The number of benzene rings is 9. The number of rotatable bonds is 7. The van der Waals surface area contributed by atoms with E-state index in [1.54, 1.807) is 0 Å². The third kappa shape index (κ3) is 5.93. The SMILES string of the molecule is c1ccc(-c2ccc(-c3ccc(N(c4ccc(-c5ccc6ccc(-c7ccccc7)cc6c5)cc4)c4cccc5sc6ccccc6c45)cc3)cc2)cc1. The van der Waals surface area contributed by atoms with Gasteiger partial charge in [0.15, 0.2) is 0 Å². The Bertz CT molecular complexity index is 2890. The number of fused-ring (bicyclic) bond motifs is 4. The van der Waals surface area contributed by atoms with Crippen LogP contribution in [0.25, 0.3) is 75.5 Å². The fraction of sp³-hybridized carbons (Fsp3) is 0. The first-order valence-electron chi connectivity index (χ1n) is 18.4. The quantitative estimate of drug-likeness (QED) is 0.160. The number of hydrogen-bond acceptors (Lipinski definition) is 2. The maximum Gasteiger partial charge on any atom is 0.0554 e. The predicted molar refractivity (Wildman–Crippen MR) is 233 cm³/mol. The van der Waals surface area contributed by atoms with Crippen molar-refractivity contribution in [3.8, 4) is 44.5 Å². The van der Waals surface area contributed by atoms with Crippen LogP contribution in [-0.2, 0) is 0 Å². The maximum absolute atomic E-state index is 2.42. The van der Waals surface area contributed by atoms with Gasteiger partial charge in [-0.1, -0.05) is 158 Å². The van der Waals surface area contributed by atoms with Crippen LogP contribution in [0.4, 0.5) is 17.1 Å². The van der Waals surface area contributed by atoms with E-state index in [1.165, 1.54) is 81.1 Å². The average molecular weight is 706 g/mol. The van der Waals surface area contributed by atoms with Crippen molar-refractivity contribution in [2.24, 2.45) is 0 Å². The van der Waals surface area contributed by atoms with E-state index in [2.05, 4.69) is 217 Å². The van der Waals surface area contributed by atoms with Crippen molar-refractivity contribution in [1.82, 2.24) is 0 Å². The summed E-state index contributed by atoms with van der Waals surface area (Å²) in [6.07, 6.45) is 0. The zero-order chi connectivity index (χ0) is 35.8. The molecule has 254 valence electrons. The molecule has 0 bridgehead atoms. The molecular weight excluding hydrogens is 671 g/mol. The summed E-state index contributed by atoms with van der Waals surface area (Å²) in [5.41, 5.74) is 13.1. The molecule has 0 saturated carbocycles. The van der Waals surface area contributed by atoms with Crippen LogP contribution < -0.4 is 4.90 Å². The lowest BCUT2D eigenvalue weighted by Crippen LogP contribution is -2.10. The summed E-state index contributed by atoms with van der Waals surface area (Å²) in [7, 11) is 0. The number of anilines is 3. The predicted octanol–water partition coefficient (Wildman–Crippen LogP) is 15.3. The largest absolute Gasteiger partial charge is 0.310 e. The Hall–Kier alpha value is -6.74. The van der Waals surface area contributed by atoms with Gasteiger partial charge in [-0.2, -0.15) is 0 Å². The normalized spacial score (nSPS) is 11.3. The smallest absolute Gasteiger partial charge is 0.0554 e. The summed E-state index contributed by atoms with van der Waals surface area (Å²) in [5.74, 6) is 0. The summed E-state index contributed by atoms with van der Waals surface area (Å²) in [6.45, 7) is 0. The molecule has 1 heterocycles. The summed E-state index contributed by atoms with van der Waals surface area (Å²) >= 11 is 1.86. The van der Waals surface area contributed by atoms with E-state index in [0.29, 0.717) is 0 Å².